The summed E-state index contributed by atoms with van der Waals surface area (Å²) < 4.78 is 0. The lowest BCUT2D eigenvalue weighted by Crippen LogP contribution is -2.52. The molecule has 0 aliphatic carbocycles. The van der Waals surface area contributed by atoms with Gasteiger partial charge in [-0.05, 0) is 25.8 Å². The van der Waals surface area contributed by atoms with Gasteiger partial charge in [0.25, 0.3) is 0 Å². The lowest BCUT2D eigenvalue weighted by molar-refractivity contribution is 0.0933. The van der Waals surface area contributed by atoms with E-state index in [2.05, 4.69) is 16.7 Å². The zero-order valence-corrected chi connectivity index (χ0v) is 12.7. The van der Waals surface area contributed by atoms with Gasteiger partial charge in [-0.15, -0.1) is 0 Å². The van der Waals surface area contributed by atoms with Crippen LogP contribution < -0.4 is 5.73 Å². The van der Waals surface area contributed by atoms with Crippen LogP contribution in [0.3, 0.4) is 0 Å². The minimum atomic E-state index is 0.344. The van der Waals surface area contributed by atoms with E-state index in [1.165, 1.54) is 64.8 Å². The van der Waals surface area contributed by atoms with Gasteiger partial charge in [0.15, 0.2) is 0 Å². The van der Waals surface area contributed by atoms with Gasteiger partial charge < -0.3 is 15.7 Å². The zero-order chi connectivity index (χ0) is 13.9. The van der Waals surface area contributed by atoms with Crippen LogP contribution in [0.2, 0.25) is 0 Å². The molecule has 0 radical (unpaired) electrons. The molecular weight excluding hydrogens is 238 g/mol. The average molecular weight is 271 g/mol. The summed E-state index contributed by atoms with van der Waals surface area (Å²) >= 11 is 0. The predicted molar refractivity (Wildman–Crippen MR) is 81.3 cm³/mol. The Balaban J connectivity index is 2.10. The Kier molecular flexibility index (Phi) is 9.43. The van der Waals surface area contributed by atoms with Gasteiger partial charge in [0.1, 0.15) is 0 Å². The van der Waals surface area contributed by atoms with Crippen molar-refractivity contribution in [1.82, 2.24) is 9.80 Å². The Morgan fingerprint density at radius 2 is 1.74 bits per heavy atom. The molecule has 1 rings (SSSR count). The van der Waals surface area contributed by atoms with Crippen molar-refractivity contribution in [1.29, 1.82) is 0 Å². The highest BCUT2D eigenvalue weighted by Gasteiger charge is 2.21. The highest BCUT2D eigenvalue weighted by atomic mass is 16.2. The summed E-state index contributed by atoms with van der Waals surface area (Å²) in [5.74, 6) is 0. The first-order valence-corrected chi connectivity index (χ1v) is 8.09. The van der Waals surface area contributed by atoms with Crippen molar-refractivity contribution in [3.8, 4) is 0 Å². The molecule has 3 N–H and O–H groups in total. The van der Waals surface area contributed by atoms with E-state index in [0.717, 1.165) is 13.0 Å². The quantitative estimate of drug-likeness (QED) is 0.588. The second-order valence-corrected chi connectivity index (χ2v) is 5.69. The summed E-state index contributed by atoms with van der Waals surface area (Å²) in [6.07, 6.45) is 7.12. The summed E-state index contributed by atoms with van der Waals surface area (Å²) in [5.41, 5.74) is 5.88. The van der Waals surface area contributed by atoms with Crippen LogP contribution in [0.1, 0.15) is 45.4 Å². The Morgan fingerprint density at radius 1 is 1.05 bits per heavy atom. The molecule has 1 heterocycles. The number of piperazine rings is 1. The number of nitrogens with zero attached hydrogens (tertiary/aromatic N) is 2. The monoisotopic (exact) mass is 271 g/mol. The molecule has 0 saturated carbocycles. The van der Waals surface area contributed by atoms with Gasteiger partial charge in [-0.1, -0.05) is 26.2 Å². The van der Waals surface area contributed by atoms with Crippen molar-refractivity contribution in [2.75, 3.05) is 45.9 Å². The van der Waals surface area contributed by atoms with Gasteiger partial charge in [-0.3, -0.25) is 4.90 Å². The zero-order valence-electron chi connectivity index (χ0n) is 12.7. The molecule has 0 aromatic carbocycles. The van der Waals surface area contributed by atoms with Crippen molar-refractivity contribution in [3.05, 3.63) is 0 Å². The van der Waals surface area contributed by atoms with Crippen molar-refractivity contribution in [2.45, 2.75) is 51.5 Å². The highest BCUT2D eigenvalue weighted by molar-refractivity contribution is 4.79. The minimum absolute atomic E-state index is 0.344. The standard InChI is InChI=1S/C15H33N3O/c1-2-7-15(14-16)18-11-9-17(10-12-18)8-5-3-4-6-13-19/h15,19H,2-14,16H2,1H3. The van der Waals surface area contributed by atoms with Gasteiger partial charge in [0.2, 0.25) is 0 Å². The van der Waals surface area contributed by atoms with Crippen LogP contribution in [0.5, 0.6) is 0 Å². The maximum absolute atomic E-state index is 8.74. The van der Waals surface area contributed by atoms with Gasteiger partial charge in [0, 0.05) is 45.4 Å². The van der Waals surface area contributed by atoms with E-state index in [4.69, 9.17) is 10.8 Å². The fraction of sp³-hybridized carbons (Fsp3) is 1.00. The third-order valence-electron chi connectivity index (χ3n) is 4.20. The van der Waals surface area contributed by atoms with E-state index in [1.54, 1.807) is 0 Å². The molecule has 0 aromatic rings. The molecule has 1 saturated heterocycles. The summed E-state index contributed by atoms with van der Waals surface area (Å²) in [6, 6.07) is 0.594. The average Bonchev–Trinajstić information content (AvgIpc) is 2.45. The number of hydrogen-bond donors (Lipinski definition) is 2. The molecule has 114 valence electrons. The molecular formula is C15H33N3O. The molecule has 1 aliphatic heterocycles. The number of aliphatic hydroxyl groups is 1. The van der Waals surface area contributed by atoms with Crippen molar-refractivity contribution < 1.29 is 5.11 Å². The van der Waals surface area contributed by atoms with E-state index in [1.807, 2.05) is 0 Å². The van der Waals surface area contributed by atoms with E-state index >= 15 is 0 Å². The molecule has 4 nitrogen and oxygen atoms in total. The van der Waals surface area contributed by atoms with Crippen molar-refractivity contribution in [3.63, 3.8) is 0 Å². The smallest absolute Gasteiger partial charge is 0.0431 e. The van der Waals surface area contributed by atoms with Gasteiger partial charge in [0.05, 0.1) is 0 Å². The number of rotatable bonds is 10. The fourth-order valence-electron chi connectivity index (χ4n) is 2.94. The van der Waals surface area contributed by atoms with Crippen LogP contribution in [0, 0.1) is 0 Å². The SMILES string of the molecule is CCCC(CN)N1CCN(CCCCCCO)CC1. The normalized spacial score (nSPS) is 19.7. The number of hydrogen-bond acceptors (Lipinski definition) is 4. The predicted octanol–water partition coefficient (Wildman–Crippen LogP) is 1.28. The van der Waals surface area contributed by atoms with Gasteiger partial charge >= 0.3 is 0 Å². The van der Waals surface area contributed by atoms with Crippen LogP contribution in [0.25, 0.3) is 0 Å². The molecule has 0 aromatic heterocycles. The van der Waals surface area contributed by atoms with Gasteiger partial charge in [-0.2, -0.15) is 0 Å². The van der Waals surface area contributed by atoms with Gasteiger partial charge in [-0.25, -0.2) is 0 Å². The number of unbranched alkanes of at least 4 members (excludes halogenated alkanes) is 3. The largest absolute Gasteiger partial charge is 0.396 e. The van der Waals surface area contributed by atoms with Crippen molar-refractivity contribution >= 4 is 0 Å². The topological polar surface area (TPSA) is 52.7 Å². The molecule has 0 amide bonds. The summed E-state index contributed by atoms with van der Waals surface area (Å²) in [7, 11) is 0. The molecule has 0 spiro atoms. The second-order valence-electron chi connectivity index (χ2n) is 5.69. The fourth-order valence-corrected chi connectivity index (χ4v) is 2.94. The van der Waals surface area contributed by atoms with E-state index < -0.39 is 0 Å². The maximum Gasteiger partial charge on any atom is 0.0431 e. The molecule has 0 bridgehead atoms. The Labute approximate surface area is 118 Å². The Hall–Kier alpha value is -0.160. The third kappa shape index (κ3) is 6.70. The second kappa shape index (κ2) is 10.6. The molecule has 19 heavy (non-hydrogen) atoms. The van der Waals surface area contributed by atoms with Crippen LogP contribution in [-0.2, 0) is 0 Å². The lowest BCUT2D eigenvalue weighted by Gasteiger charge is -2.39. The highest BCUT2D eigenvalue weighted by Crippen LogP contribution is 2.11. The Bertz CT molecular complexity index is 206. The third-order valence-corrected chi connectivity index (χ3v) is 4.20. The van der Waals surface area contributed by atoms with E-state index in [0.29, 0.717) is 12.6 Å². The van der Waals surface area contributed by atoms with E-state index in [9.17, 15) is 0 Å². The van der Waals surface area contributed by atoms with Crippen LogP contribution in [-0.4, -0.2) is 66.8 Å². The van der Waals surface area contributed by atoms with Crippen LogP contribution >= 0.6 is 0 Å². The minimum Gasteiger partial charge on any atom is -0.396 e. The van der Waals surface area contributed by atoms with E-state index in [-0.39, 0.29) is 0 Å². The summed E-state index contributed by atoms with van der Waals surface area (Å²) in [6.45, 7) is 9.36. The number of aliphatic hydroxyl groups excluding tert-OH is 1. The summed E-state index contributed by atoms with van der Waals surface area (Å²) in [5, 5.41) is 8.74. The molecule has 1 unspecified atom stereocenters. The number of nitrogens with two attached hydrogens (primary N) is 1. The molecule has 1 atom stereocenters. The maximum atomic E-state index is 8.74. The molecule has 4 heteroatoms. The molecule has 1 fully saturated rings. The van der Waals surface area contributed by atoms with Crippen LogP contribution in [0.4, 0.5) is 0 Å². The molecule has 1 aliphatic rings. The van der Waals surface area contributed by atoms with Crippen molar-refractivity contribution in [2.24, 2.45) is 5.73 Å². The first-order valence-electron chi connectivity index (χ1n) is 8.09. The van der Waals surface area contributed by atoms with Crippen LogP contribution in [0.15, 0.2) is 0 Å². The first-order chi connectivity index (χ1) is 9.31. The first kappa shape index (κ1) is 16.9. The lowest BCUT2D eigenvalue weighted by atomic mass is 10.1. The Morgan fingerprint density at radius 3 is 2.32 bits per heavy atom. The summed E-state index contributed by atoms with van der Waals surface area (Å²) in [4.78, 5) is 5.15.